The second-order valence-corrected chi connectivity index (χ2v) is 6.42. The Hall–Kier alpha value is -1.66. The largest absolute Gasteiger partial charge is 0.355 e. The molecule has 2 N–H and O–H groups in total. The van der Waals surface area contributed by atoms with Crippen LogP contribution in [0.3, 0.4) is 0 Å². The number of hydrogen-bond acceptors (Lipinski definition) is 4. The number of carbonyl (C=O) groups excluding carboxylic acids is 1. The normalized spacial score (nSPS) is 13.8. The molecule has 1 amide bonds. The maximum absolute atomic E-state index is 11.8. The number of aromatic nitrogens is 2. The molecular formula is C16H24N4OS. The van der Waals surface area contributed by atoms with Crippen molar-refractivity contribution in [2.75, 3.05) is 13.1 Å². The zero-order valence-electron chi connectivity index (χ0n) is 13.4. The van der Waals surface area contributed by atoms with E-state index in [0.717, 1.165) is 12.0 Å². The zero-order valence-corrected chi connectivity index (χ0v) is 14.2. The van der Waals surface area contributed by atoms with E-state index in [-0.39, 0.29) is 18.0 Å². The van der Waals surface area contributed by atoms with E-state index in [2.05, 4.69) is 46.4 Å². The highest BCUT2D eigenvalue weighted by atomic mass is 32.1. The van der Waals surface area contributed by atoms with Crippen LogP contribution in [0.15, 0.2) is 29.2 Å². The standard InChI is InChI=1S/C16H24N4OS/c1-12-8-19-20(10-12)14(3)13(2)18-9-16(21)17-6-4-15-5-7-22-11-15/h5,7-8,10-11,13-14,18H,4,6,9H2,1-3H3,(H,17,21)/t13-,14+/m0/s1. The van der Waals surface area contributed by atoms with Gasteiger partial charge in [-0.3, -0.25) is 9.48 Å². The van der Waals surface area contributed by atoms with E-state index in [1.165, 1.54) is 5.56 Å². The molecule has 6 heteroatoms. The Morgan fingerprint density at radius 2 is 2.27 bits per heavy atom. The molecule has 2 rings (SSSR count). The summed E-state index contributed by atoms with van der Waals surface area (Å²) in [5.74, 6) is 0.0333. The molecule has 0 spiro atoms. The Balaban J connectivity index is 1.66. The van der Waals surface area contributed by atoms with E-state index in [0.29, 0.717) is 13.1 Å². The van der Waals surface area contributed by atoms with Crippen LogP contribution in [0, 0.1) is 6.92 Å². The van der Waals surface area contributed by atoms with Crippen LogP contribution < -0.4 is 10.6 Å². The van der Waals surface area contributed by atoms with Gasteiger partial charge in [0.25, 0.3) is 0 Å². The topological polar surface area (TPSA) is 59.0 Å². The van der Waals surface area contributed by atoms with Crippen LogP contribution in [-0.2, 0) is 11.2 Å². The molecule has 0 radical (unpaired) electrons. The van der Waals surface area contributed by atoms with Gasteiger partial charge < -0.3 is 10.6 Å². The number of hydrogen-bond donors (Lipinski definition) is 2. The number of carbonyl (C=O) groups is 1. The molecular weight excluding hydrogens is 296 g/mol. The Morgan fingerprint density at radius 1 is 1.45 bits per heavy atom. The van der Waals surface area contributed by atoms with Gasteiger partial charge in [0.15, 0.2) is 0 Å². The average molecular weight is 320 g/mol. The lowest BCUT2D eigenvalue weighted by molar-refractivity contribution is -0.120. The fourth-order valence-corrected chi connectivity index (χ4v) is 2.86. The van der Waals surface area contributed by atoms with E-state index in [4.69, 9.17) is 0 Å². The monoisotopic (exact) mass is 320 g/mol. The maximum atomic E-state index is 11.8. The zero-order chi connectivity index (χ0) is 15.9. The number of nitrogens with one attached hydrogen (secondary N) is 2. The summed E-state index contributed by atoms with van der Waals surface area (Å²) in [4.78, 5) is 11.8. The molecule has 2 aromatic heterocycles. The van der Waals surface area contributed by atoms with Gasteiger partial charge in [0.1, 0.15) is 0 Å². The van der Waals surface area contributed by atoms with Gasteiger partial charge in [0.2, 0.25) is 5.91 Å². The highest BCUT2D eigenvalue weighted by Gasteiger charge is 2.15. The van der Waals surface area contributed by atoms with Crippen molar-refractivity contribution >= 4 is 17.2 Å². The van der Waals surface area contributed by atoms with Crippen molar-refractivity contribution in [3.63, 3.8) is 0 Å². The lowest BCUT2D eigenvalue weighted by Gasteiger charge is -2.21. The van der Waals surface area contributed by atoms with Crippen molar-refractivity contribution in [1.82, 2.24) is 20.4 Å². The van der Waals surface area contributed by atoms with Crippen molar-refractivity contribution in [3.8, 4) is 0 Å². The van der Waals surface area contributed by atoms with Gasteiger partial charge in [0, 0.05) is 18.8 Å². The van der Waals surface area contributed by atoms with E-state index < -0.39 is 0 Å². The van der Waals surface area contributed by atoms with Gasteiger partial charge in [0.05, 0.1) is 18.8 Å². The van der Waals surface area contributed by atoms with Crippen molar-refractivity contribution in [1.29, 1.82) is 0 Å². The number of amides is 1. The van der Waals surface area contributed by atoms with Gasteiger partial charge >= 0.3 is 0 Å². The quantitative estimate of drug-likeness (QED) is 0.783. The summed E-state index contributed by atoms with van der Waals surface area (Å²) >= 11 is 1.68. The van der Waals surface area contributed by atoms with E-state index >= 15 is 0 Å². The molecule has 0 saturated carbocycles. The smallest absolute Gasteiger partial charge is 0.233 e. The minimum atomic E-state index is 0.0333. The average Bonchev–Trinajstić information content (AvgIpc) is 3.15. The van der Waals surface area contributed by atoms with Crippen LogP contribution in [-0.4, -0.2) is 34.8 Å². The first kappa shape index (κ1) is 16.7. The molecule has 0 aliphatic carbocycles. The fraction of sp³-hybridized carbons (Fsp3) is 0.500. The summed E-state index contributed by atoms with van der Waals surface area (Å²) in [6.07, 6.45) is 4.75. The molecule has 5 nitrogen and oxygen atoms in total. The predicted molar refractivity (Wildman–Crippen MR) is 90.2 cm³/mol. The summed E-state index contributed by atoms with van der Waals surface area (Å²) in [5.41, 5.74) is 2.42. The van der Waals surface area contributed by atoms with Gasteiger partial charge in [-0.25, -0.2) is 0 Å². The molecule has 0 bridgehead atoms. The van der Waals surface area contributed by atoms with Crippen molar-refractivity contribution in [2.45, 2.75) is 39.3 Å². The summed E-state index contributed by atoms with van der Waals surface area (Å²) < 4.78 is 1.93. The molecule has 120 valence electrons. The van der Waals surface area contributed by atoms with E-state index in [9.17, 15) is 4.79 Å². The Bertz CT molecular complexity index is 579. The molecule has 0 unspecified atom stereocenters. The summed E-state index contributed by atoms with van der Waals surface area (Å²) in [7, 11) is 0. The molecule has 0 fully saturated rings. The van der Waals surface area contributed by atoms with Crippen LogP contribution in [0.25, 0.3) is 0 Å². The molecule has 0 aliphatic rings. The lowest BCUT2D eigenvalue weighted by atomic mass is 10.1. The van der Waals surface area contributed by atoms with Crippen LogP contribution in [0.5, 0.6) is 0 Å². The second-order valence-electron chi connectivity index (χ2n) is 5.64. The molecule has 2 heterocycles. The lowest BCUT2D eigenvalue weighted by Crippen LogP contribution is -2.41. The van der Waals surface area contributed by atoms with E-state index in [1.54, 1.807) is 11.3 Å². The molecule has 0 aliphatic heterocycles. The SMILES string of the molecule is Cc1cnn([C@H](C)[C@H](C)NCC(=O)NCCc2ccsc2)c1. The van der Waals surface area contributed by atoms with Crippen LogP contribution >= 0.6 is 11.3 Å². The van der Waals surface area contributed by atoms with E-state index in [1.807, 2.05) is 24.0 Å². The highest BCUT2D eigenvalue weighted by Crippen LogP contribution is 2.10. The Kier molecular flexibility index (Phi) is 6.15. The highest BCUT2D eigenvalue weighted by molar-refractivity contribution is 7.07. The van der Waals surface area contributed by atoms with Gasteiger partial charge in [-0.1, -0.05) is 0 Å². The number of thiophene rings is 1. The third-order valence-corrected chi connectivity index (χ3v) is 4.50. The van der Waals surface area contributed by atoms with Gasteiger partial charge in [-0.15, -0.1) is 0 Å². The van der Waals surface area contributed by atoms with Gasteiger partial charge in [-0.05, 0) is 55.1 Å². The summed E-state index contributed by atoms with van der Waals surface area (Å²) in [6.45, 7) is 7.20. The third-order valence-electron chi connectivity index (χ3n) is 3.77. The minimum absolute atomic E-state index is 0.0333. The second kappa shape index (κ2) is 8.10. The molecule has 0 aromatic carbocycles. The summed E-state index contributed by atoms with van der Waals surface area (Å²) in [6, 6.07) is 2.46. The van der Waals surface area contributed by atoms with Crippen LogP contribution in [0.4, 0.5) is 0 Å². The summed E-state index contributed by atoms with van der Waals surface area (Å²) in [5, 5.41) is 14.7. The molecule has 2 atom stereocenters. The molecule has 0 saturated heterocycles. The number of nitrogens with zero attached hydrogens (tertiary/aromatic N) is 2. The predicted octanol–water partition coefficient (Wildman–Crippen LogP) is 2.15. The minimum Gasteiger partial charge on any atom is -0.355 e. The Labute approximate surface area is 135 Å². The first-order chi connectivity index (χ1) is 10.6. The van der Waals surface area contributed by atoms with Crippen LogP contribution in [0.2, 0.25) is 0 Å². The molecule has 22 heavy (non-hydrogen) atoms. The first-order valence-corrected chi connectivity index (χ1v) is 8.52. The van der Waals surface area contributed by atoms with Crippen molar-refractivity contribution in [2.24, 2.45) is 0 Å². The Morgan fingerprint density at radius 3 is 2.91 bits per heavy atom. The maximum Gasteiger partial charge on any atom is 0.233 e. The fourth-order valence-electron chi connectivity index (χ4n) is 2.15. The first-order valence-electron chi connectivity index (χ1n) is 7.58. The van der Waals surface area contributed by atoms with Crippen molar-refractivity contribution in [3.05, 3.63) is 40.3 Å². The van der Waals surface area contributed by atoms with Crippen LogP contribution in [0.1, 0.15) is 31.0 Å². The van der Waals surface area contributed by atoms with Crippen molar-refractivity contribution < 1.29 is 4.79 Å². The number of aryl methyl sites for hydroxylation is 1. The van der Waals surface area contributed by atoms with Gasteiger partial charge in [-0.2, -0.15) is 16.4 Å². The third kappa shape index (κ3) is 4.96. The number of rotatable bonds is 8. The molecule has 2 aromatic rings.